The van der Waals surface area contributed by atoms with E-state index in [0.29, 0.717) is 5.56 Å². The summed E-state index contributed by atoms with van der Waals surface area (Å²) in [5.74, 6) is -1.51. The first-order valence-corrected chi connectivity index (χ1v) is 14.8. The lowest BCUT2D eigenvalue weighted by Gasteiger charge is -2.35. The smallest absolute Gasteiger partial charge is 0.256 e. The normalized spacial score (nSPS) is 18.0. The van der Waals surface area contributed by atoms with E-state index in [-0.39, 0.29) is 31.8 Å². The van der Waals surface area contributed by atoms with Gasteiger partial charge < -0.3 is 25.2 Å². The molecule has 44 heavy (non-hydrogen) atoms. The number of hydrogen-bond acceptors (Lipinski definition) is 5. The monoisotopic (exact) mass is 588 g/mol. The molecule has 4 aromatic carbocycles. The number of benzene rings is 4. The molecular formula is C36H36N4O4. The number of aliphatic hydroxyl groups is 1. The Hall–Kier alpha value is -4.79. The number of β-amino-alcohol motifs (C(OH)–C–C–N with tert-alkyl or cyclic N) is 1. The van der Waals surface area contributed by atoms with Crippen LogP contribution in [0, 0.1) is 0 Å². The van der Waals surface area contributed by atoms with Crippen LogP contribution in [0.25, 0.3) is 21.7 Å². The van der Waals surface area contributed by atoms with E-state index in [1.54, 1.807) is 13.2 Å². The highest BCUT2D eigenvalue weighted by molar-refractivity contribution is 6.15. The molecule has 0 spiro atoms. The number of fused-ring (bicyclic) bond motifs is 2. The van der Waals surface area contributed by atoms with E-state index < -0.39 is 29.4 Å². The third kappa shape index (κ3) is 5.38. The second kappa shape index (κ2) is 11.7. The van der Waals surface area contributed by atoms with E-state index in [2.05, 4.69) is 0 Å². The Morgan fingerprint density at radius 1 is 0.909 bits per heavy atom. The largest absolute Gasteiger partial charge is 0.391 e. The molecule has 0 bridgehead atoms. The lowest BCUT2D eigenvalue weighted by atomic mass is 9.81. The van der Waals surface area contributed by atoms with Gasteiger partial charge in [0, 0.05) is 57.1 Å². The average molecular weight is 589 g/mol. The van der Waals surface area contributed by atoms with Gasteiger partial charge in [-0.05, 0) is 28.0 Å². The van der Waals surface area contributed by atoms with E-state index in [1.165, 1.54) is 9.80 Å². The van der Waals surface area contributed by atoms with Gasteiger partial charge >= 0.3 is 0 Å². The maximum absolute atomic E-state index is 14.6. The number of ketones is 1. The van der Waals surface area contributed by atoms with Crippen molar-refractivity contribution in [2.45, 2.75) is 37.1 Å². The number of rotatable bonds is 8. The summed E-state index contributed by atoms with van der Waals surface area (Å²) in [5, 5.41) is 13.5. The predicted octanol–water partition coefficient (Wildman–Crippen LogP) is 4.07. The minimum atomic E-state index is -1.99. The summed E-state index contributed by atoms with van der Waals surface area (Å²) in [6, 6.07) is 29.6. The van der Waals surface area contributed by atoms with Crippen molar-refractivity contribution < 1.29 is 19.5 Å². The second-order valence-corrected chi connectivity index (χ2v) is 11.9. The van der Waals surface area contributed by atoms with Gasteiger partial charge in [0.2, 0.25) is 0 Å². The molecule has 0 unspecified atom stereocenters. The molecule has 8 nitrogen and oxygen atoms in total. The average Bonchev–Trinajstić information content (AvgIpc) is 3.60. The summed E-state index contributed by atoms with van der Waals surface area (Å²) in [6.45, 7) is 0.230. The minimum Gasteiger partial charge on any atom is -0.391 e. The molecule has 6 rings (SSSR count). The van der Waals surface area contributed by atoms with Crippen molar-refractivity contribution in [1.82, 2.24) is 14.4 Å². The molecule has 224 valence electrons. The Bertz CT molecular complexity index is 1870. The van der Waals surface area contributed by atoms with E-state index in [9.17, 15) is 19.5 Å². The van der Waals surface area contributed by atoms with Gasteiger partial charge in [-0.3, -0.25) is 14.4 Å². The van der Waals surface area contributed by atoms with Gasteiger partial charge in [-0.15, -0.1) is 0 Å². The number of Topliss-reactive ketones (excluding diaryl/α,β-unsaturated/α-hetero) is 1. The van der Waals surface area contributed by atoms with E-state index in [4.69, 9.17) is 5.73 Å². The number of likely N-dealkylation sites (N-methyl/N-ethyl adjacent to an activating group) is 1. The second-order valence-electron chi connectivity index (χ2n) is 11.9. The third-order valence-electron chi connectivity index (χ3n) is 8.70. The minimum absolute atomic E-state index is 0.00168. The summed E-state index contributed by atoms with van der Waals surface area (Å²) >= 11 is 0. The first kappa shape index (κ1) is 29.3. The zero-order valence-electron chi connectivity index (χ0n) is 24.9. The lowest BCUT2D eigenvalue weighted by molar-refractivity contribution is -0.144. The fraction of sp³-hybridized carbons (Fsp3) is 0.250. The van der Waals surface area contributed by atoms with E-state index in [1.807, 2.05) is 109 Å². The van der Waals surface area contributed by atoms with Crippen LogP contribution in [0.1, 0.15) is 27.9 Å². The molecule has 3 N–H and O–H groups in total. The standard InChI is InChI=1S/C36H36N4O4/c1-38-23-30(29-14-8-9-15-31(29)38)34(43)40-22-28(41)19-32(40)33(42)36(37,35(44)39(2)21-24-10-4-3-5-11-24)20-25-16-17-26-12-6-7-13-27(26)18-25/h3-18,23,28,32,41H,19-22,37H2,1-2H3/t28-,32+,36-/m1/s1. The van der Waals surface area contributed by atoms with Crippen molar-refractivity contribution in [3.63, 3.8) is 0 Å². The van der Waals surface area contributed by atoms with Gasteiger partial charge in [0.25, 0.3) is 11.8 Å². The number of aromatic nitrogens is 1. The molecular weight excluding hydrogens is 552 g/mol. The molecule has 3 atom stereocenters. The van der Waals surface area contributed by atoms with Crippen LogP contribution in [0.4, 0.5) is 0 Å². The van der Waals surface area contributed by atoms with Crippen LogP contribution in [-0.4, -0.2) is 68.3 Å². The molecule has 0 radical (unpaired) electrons. The molecule has 1 aliphatic rings. The van der Waals surface area contributed by atoms with Crippen LogP contribution in [0.15, 0.2) is 103 Å². The van der Waals surface area contributed by atoms with Crippen LogP contribution in [-0.2, 0) is 29.6 Å². The molecule has 2 amide bonds. The number of carbonyl (C=O) groups is 3. The Labute approximate surface area is 256 Å². The summed E-state index contributed by atoms with van der Waals surface area (Å²) in [4.78, 5) is 45.7. The Kier molecular flexibility index (Phi) is 7.80. The first-order chi connectivity index (χ1) is 21.2. The van der Waals surface area contributed by atoms with Gasteiger partial charge in [-0.25, -0.2) is 0 Å². The molecule has 8 heteroatoms. The maximum Gasteiger partial charge on any atom is 0.256 e. The highest BCUT2D eigenvalue weighted by Crippen LogP contribution is 2.30. The Morgan fingerprint density at radius 3 is 2.36 bits per heavy atom. The SMILES string of the molecule is CN(Cc1ccccc1)C(=O)[C@@](N)(Cc1ccc2ccccc2c1)C(=O)[C@@H]1C[C@@H](O)CN1C(=O)c1cn(C)c2ccccc12. The van der Waals surface area contributed by atoms with Gasteiger partial charge in [-0.2, -0.15) is 0 Å². The lowest BCUT2D eigenvalue weighted by Crippen LogP contribution is -2.65. The van der Waals surface area contributed by atoms with Crippen molar-refractivity contribution in [2.75, 3.05) is 13.6 Å². The zero-order chi connectivity index (χ0) is 31.0. The summed E-state index contributed by atoms with van der Waals surface area (Å²) in [5.41, 5.74) is 7.91. The van der Waals surface area contributed by atoms with Crippen molar-refractivity contribution >= 4 is 39.3 Å². The highest BCUT2D eigenvalue weighted by Gasteiger charge is 2.51. The molecule has 0 aliphatic carbocycles. The number of nitrogens with zero attached hydrogens (tertiary/aromatic N) is 3. The number of amides is 2. The summed E-state index contributed by atoms with van der Waals surface area (Å²) in [7, 11) is 3.49. The van der Waals surface area contributed by atoms with Crippen LogP contribution < -0.4 is 5.73 Å². The maximum atomic E-state index is 14.6. The van der Waals surface area contributed by atoms with Crippen LogP contribution in [0.3, 0.4) is 0 Å². The number of likely N-dealkylation sites (tertiary alicyclic amines) is 1. The number of nitrogens with two attached hydrogens (primary N) is 1. The highest BCUT2D eigenvalue weighted by atomic mass is 16.3. The van der Waals surface area contributed by atoms with Crippen LogP contribution in [0.2, 0.25) is 0 Å². The molecule has 1 fully saturated rings. The number of aryl methyl sites for hydroxylation is 1. The molecule has 0 saturated carbocycles. The molecule has 1 aliphatic heterocycles. The van der Waals surface area contributed by atoms with Gasteiger partial charge in [0.15, 0.2) is 11.3 Å². The van der Waals surface area contributed by atoms with Crippen molar-refractivity contribution in [3.05, 3.63) is 120 Å². The molecule has 1 aromatic heterocycles. The molecule has 1 saturated heterocycles. The van der Waals surface area contributed by atoms with Gasteiger partial charge in [-0.1, -0.05) is 91.0 Å². The molecule has 2 heterocycles. The predicted molar refractivity (Wildman–Crippen MR) is 171 cm³/mol. The number of carbonyl (C=O) groups excluding carboxylic acids is 3. The zero-order valence-corrected chi connectivity index (χ0v) is 24.9. The van der Waals surface area contributed by atoms with Crippen LogP contribution in [0.5, 0.6) is 0 Å². The van der Waals surface area contributed by atoms with Crippen molar-refractivity contribution in [3.8, 4) is 0 Å². The first-order valence-electron chi connectivity index (χ1n) is 14.8. The number of hydrogen-bond donors (Lipinski definition) is 2. The van der Waals surface area contributed by atoms with E-state index >= 15 is 0 Å². The topological polar surface area (TPSA) is 109 Å². The van der Waals surface area contributed by atoms with Crippen LogP contribution >= 0.6 is 0 Å². The Balaban J connectivity index is 1.37. The van der Waals surface area contributed by atoms with E-state index in [0.717, 1.165) is 32.8 Å². The molecule has 5 aromatic rings. The Morgan fingerprint density at radius 2 is 1.59 bits per heavy atom. The summed E-state index contributed by atoms with van der Waals surface area (Å²) < 4.78 is 1.86. The quantitative estimate of drug-likeness (QED) is 0.266. The fourth-order valence-electron chi connectivity index (χ4n) is 6.46. The third-order valence-corrected chi connectivity index (χ3v) is 8.70. The summed E-state index contributed by atoms with van der Waals surface area (Å²) in [6.07, 6.45) is 0.757. The van der Waals surface area contributed by atoms with Gasteiger partial charge in [0.05, 0.1) is 17.7 Å². The van der Waals surface area contributed by atoms with Crippen molar-refractivity contribution in [1.29, 1.82) is 0 Å². The number of aliphatic hydroxyl groups excluding tert-OH is 1. The number of para-hydroxylation sites is 1. The van der Waals surface area contributed by atoms with Gasteiger partial charge in [0.1, 0.15) is 0 Å². The van der Waals surface area contributed by atoms with Crippen molar-refractivity contribution in [2.24, 2.45) is 12.8 Å². The fourth-order valence-corrected chi connectivity index (χ4v) is 6.46.